The van der Waals surface area contributed by atoms with E-state index < -0.39 is 33.5 Å². The highest BCUT2D eigenvalue weighted by Crippen LogP contribution is 2.26. The normalized spacial score (nSPS) is 15.5. The number of rotatable bonds is 7. The third-order valence-electron chi connectivity index (χ3n) is 5.24. The quantitative estimate of drug-likeness (QED) is 0.578. The molecule has 1 aromatic heterocycles. The lowest BCUT2D eigenvalue weighted by molar-refractivity contribution is -0.135. The van der Waals surface area contributed by atoms with E-state index in [0.29, 0.717) is 18.4 Å². The number of carbonyl (C=O) groups is 2. The molecule has 3 rings (SSSR count). The fraction of sp³-hybridized carbons (Fsp3) is 0.429. The van der Waals surface area contributed by atoms with Gasteiger partial charge in [-0.05, 0) is 49.6 Å². The Labute approximate surface area is 184 Å². The predicted octanol–water partition coefficient (Wildman–Crippen LogP) is 2.79. The van der Waals surface area contributed by atoms with E-state index in [-0.39, 0.29) is 43.0 Å². The number of ether oxygens (including phenoxy) is 1. The number of benzene rings is 1. The number of halogens is 2. The van der Waals surface area contributed by atoms with Gasteiger partial charge in [0, 0.05) is 32.6 Å². The number of piperidine rings is 1. The van der Waals surface area contributed by atoms with Gasteiger partial charge in [0.1, 0.15) is 0 Å². The van der Waals surface area contributed by atoms with Crippen LogP contribution in [0.2, 0.25) is 0 Å². The first-order valence-electron chi connectivity index (χ1n) is 10.1. The largest absolute Gasteiger partial charge is 0.460 e. The third kappa shape index (κ3) is 5.16. The minimum atomic E-state index is -3.96. The SMILES string of the molecule is CCOC(=O)c1ccc(S(=O)(=O)N2CCC(C(=O)N(C)Cc3ccc(F)c(F)c3)CC2)o1. The summed E-state index contributed by atoms with van der Waals surface area (Å²) in [5.74, 6) is -3.48. The van der Waals surface area contributed by atoms with Crippen LogP contribution in [-0.2, 0) is 26.1 Å². The summed E-state index contributed by atoms with van der Waals surface area (Å²) in [5.41, 5.74) is 0.454. The average molecular weight is 470 g/mol. The molecule has 1 saturated heterocycles. The van der Waals surface area contributed by atoms with Crippen molar-refractivity contribution in [3.05, 3.63) is 53.3 Å². The van der Waals surface area contributed by atoms with E-state index in [4.69, 9.17) is 9.15 Å². The fourth-order valence-corrected chi connectivity index (χ4v) is 4.92. The zero-order chi connectivity index (χ0) is 23.5. The lowest BCUT2D eigenvalue weighted by atomic mass is 9.96. The molecule has 0 spiro atoms. The number of hydrogen-bond acceptors (Lipinski definition) is 6. The molecule has 1 aromatic carbocycles. The van der Waals surface area contributed by atoms with E-state index in [1.165, 1.54) is 27.4 Å². The van der Waals surface area contributed by atoms with Gasteiger partial charge >= 0.3 is 5.97 Å². The lowest BCUT2D eigenvalue weighted by Gasteiger charge is -2.32. The Morgan fingerprint density at radius 1 is 1.16 bits per heavy atom. The van der Waals surface area contributed by atoms with Crippen LogP contribution in [-0.4, -0.2) is 56.2 Å². The van der Waals surface area contributed by atoms with Gasteiger partial charge in [-0.3, -0.25) is 4.79 Å². The monoisotopic (exact) mass is 470 g/mol. The number of furan rings is 1. The van der Waals surface area contributed by atoms with Crippen molar-refractivity contribution in [1.82, 2.24) is 9.21 Å². The zero-order valence-corrected chi connectivity index (χ0v) is 18.5. The minimum absolute atomic E-state index is 0.104. The van der Waals surface area contributed by atoms with Crippen LogP contribution >= 0.6 is 0 Å². The number of nitrogens with zero attached hydrogens (tertiary/aromatic N) is 2. The van der Waals surface area contributed by atoms with Crippen molar-refractivity contribution in [1.29, 1.82) is 0 Å². The maximum Gasteiger partial charge on any atom is 0.374 e. The van der Waals surface area contributed by atoms with Crippen LogP contribution in [0.3, 0.4) is 0 Å². The Morgan fingerprint density at radius 2 is 1.84 bits per heavy atom. The summed E-state index contributed by atoms with van der Waals surface area (Å²) in [7, 11) is -2.40. The van der Waals surface area contributed by atoms with Gasteiger partial charge in [-0.2, -0.15) is 4.31 Å². The van der Waals surface area contributed by atoms with Crippen LogP contribution in [0.15, 0.2) is 39.8 Å². The first-order chi connectivity index (χ1) is 15.1. The molecule has 1 aliphatic heterocycles. The van der Waals surface area contributed by atoms with Crippen molar-refractivity contribution in [2.75, 3.05) is 26.7 Å². The first-order valence-corrected chi connectivity index (χ1v) is 11.5. The maximum atomic E-state index is 13.4. The Balaban J connectivity index is 1.59. The smallest absolute Gasteiger partial charge is 0.374 e. The summed E-state index contributed by atoms with van der Waals surface area (Å²) in [6.45, 7) is 2.07. The summed E-state index contributed by atoms with van der Waals surface area (Å²) in [4.78, 5) is 25.9. The van der Waals surface area contributed by atoms with Gasteiger partial charge in [0.05, 0.1) is 6.61 Å². The second-order valence-corrected chi connectivity index (χ2v) is 9.33. The maximum absolute atomic E-state index is 13.4. The molecule has 0 unspecified atom stereocenters. The van der Waals surface area contributed by atoms with E-state index in [0.717, 1.165) is 12.1 Å². The molecule has 0 radical (unpaired) electrons. The van der Waals surface area contributed by atoms with Crippen LogP contribution < -0.4 is 0 Å². The van der Waals surface area contributed by atoms with Gasteiger partial charge in [-0.15, -0.1) is 0 Å². The highest BCUT2D eigenvalue weighted by Gasteiger charge is 2.35. The molecule has 2 aromatic rings. The molecule has 0 atom stereocenters. The second kappa shape index (κ2) is 9.78. The summed E-state index contributed by atoms with van der Waals surface area (Å²) in [5, 5.41) is -0.360. The lowest BCUT2D eigenvalue weighted by Crippen LogP contribution is -2.43. The van der Waals surface area contributed by atoms with Gasteiger partial charge in [0.15, 0.2) is 11.6 Å². The number of sulfonamides is 1. The molecule has 174 valence electrons. The van der Waals surface area contributed by atoms with Crippen LogP contribution in [0.4, 0.5) is 8.78 Å². The van der Waals surface area contributed by atoms with E-state index >= 15 is 0 Å². The Kier molecular flexibility index (Phi) is 7.29. The molecule has 11 heteroatoms. The molecule has 2 heterocycles. The number of carbonyl (C=O) groups excluding carboxylic acids is 2. The van der Waals surface area contributed by atoms with E-state index in [9.17, 15) is 26.8 Å². The molecular weight excluding hydrogens is 446 g/mol. The average Bonchev–Trinajstić information content (AvgIpc) is 3.27. The highest BCUT2D eigenvalue weighted by molar-refractivity contribution is 7.89. The second-order valence-electron chi connectivity index (χ2n) is 7.46. The van der Waals surface area contributed by atoms with E-state index in [1.54, 1.807) is 14.0 Å². The summed E-state index contributed by atoms with van der Waals surface area (Å²) in [6.07, 6.45) is 0.594. The van der Waals surface area contributed by atoms with Crippen molar-refractivity contribution in [2.45, 2.75) is 31.4 Å². The molecule has 1 aliphatic rings. The molecule has 32 heavy (non-hydrogen) atoms. The Bertz CT molecular complexity index is 1090. The van der Waals surface area contributed by atoms with Crippen molar-refractivity contribution in [3.8, 4) is 0 Å². The van der Waals surface area contributed by atoms with Gasteiger partial charge in [0.25, 0.3) is 10.0 Å². The van der Waals surface area contributed by atoms with Gasteiger partial charge in [-0.25, -0.2) is 22.0 Å². The van der Waals surface area contributed by atoms with E-state index in [1.807, 2.05) is 0 Å². The fourth-order valence-electron chi connectivity index (χ4n) is 3.54. The first kappa shape index (κ1) is 23.9. The molecule has 0 aliphatic carbocycles. The van der Waals surface area contributed by atoms with Gasteiger partial charge < -0.3 is 14.1 Å². The molecule has 0 N–H and O–H groups in total. The number of esters is 1. The van der Waals surface area contributed by atoms with Crippen molar-refractivity contribution >= 4 is 21.9 Å². The van der Waals surface area contributed by atoms with Crippen LogP contribution in [0, 0.1) is 17.6 Å². The van der Waals surface area contributed by atoms with Crippen molar-refractivity contribution in [3.63, 3.8) is 0 Å². The standard InChI is InChI=1S/C21H24F2N2O6S/c1-3-30-21(27)18-6-7-19(31-18)32(28,29)25-10-8-15(9-11-25)20(26)24(2)13-14-4-5-16(22)17(23)12-14/h4-7,12,15H,3,8-11,13H2,1-2H3. The van der Waals surface area contributed by atoms with Crippen LogP contribution in [0.25, 0.3) is 0 Å². The number of hydrogen-bond donors (Lipinski definition) is 0. The van der Waals surface area contributed by atoms with Crippen molar-refractivity contribution < 1.29 is 35.9 Å². The van der Waals surface area contributed by atoms with Crippen LogP contribution in [0.5, 0.6) is 0 Å². The highest BCUT2D eigenvalue weighted by atomic mass is 32.2. The Hall–Kier alpha value is -2.79. The van der Waals surface area contributed by atoms with Gasteiger partial charge in [0.2, 0.25) is 16.8 Å². The molecule has 0 bridgehead atoms. The molecule has 1 fully saturated rings. The molecule has 8 nitrogen and oxygen atoms in total. The van der Waals surface area contributed by atoms with Crippen molar-refractivity contribution in [2.24, 2.45) is 5.92 Å². The van der Waals surface area contributed by atoms with Gasteiger partial charge in [-0.1, -0.05) is 6.07 Å². The van der Waals surface area contributed by atoms with Crippen LogP contribution in [0.1, 0.15) is 35.9 Å². The van der Waals surface area contributed by atoms with E-state index in [2.05, 4.69) is 0 Å². The predicted molar refractivity (Wildman–Crippen MR) is 109 cm³/mol. The summed E-state index contributed by atoms with van der Waals surface area (Å²) < 4.78 is 63.3. The summed E-state index contributed by atoms with van der Waals surface area (Å²) >= 11 is 0. The molecular formula is C21H24F2N2O6S. The minimum Gasteiger partial charge on any atom is -0.460 e. The molecule has 1 amide bonds. The third-order valence-corrected chi connectivity index (χ3v) is 7.01. The zero-order valence-electron chi connectivity index (χ0n) is 17.7. The molecule has 0 saturated carbocycles. The Morgan fingerprint density at radius 3 is 2.47 bits per heavy atom. The number of amides is 1. The topological polar surface area (TPSA) is 97.1 Å². The summed E-state index contributed by atoms with van der Waals surface area (Å²) in [6, 6.07) is 5.91.